The predicted molar refractivity (Wildman–Crippen MR) is 96.0 cm³/mol. The van der Waals surface area contributed by atoms with Gasteiger partial charge in [0, 0.05) is 11.6 Å². The second-order valence-electron chi connectivity index (χ2n) is 7.34. The van der Waals surface area contributed by atoms with E-state index < -0.39 is 17.6 Å². The molecule has 0 unspecified atom stereocenters. The van der Waals surface area contributed by atoms with E-state index in [0.717, 1.165) is 25.7 Å². The SMILES string of the molecule is CC[C@@H](C)NC(=O)[C@@H]1COC2(CCCCC2)N1C(=O)c1cccc(F)c1. The molecule has 0 radical (unpaired) electrons. The summed E-state index contributed by atoms with van der Waals surface area (Å²) in [6.07, 6.45) is 5.22. The van der Waals surface area contributed by atoms with Crippen molar-refractivity contribution >= 4 is 11.8 Å². The van der Waals surface area contributed by atoms with Crippen LogP contribution in [0.25, 0.3) is 0 Å². The van der Waals surface area contributed by atoms with Crippen molar-refractivity contribution < 1.29 is 18.7 Å². The van der Waals surface area contributed by atoms with E-state index in [0.29, 0.717) is 12.8 Å². The highest BCUT2D eigenvalue weighted by atomic mass is 19.1. The Labute approximate surface area is 153 Å². The first-order chi connectivity index (χ1) is 12.5. The van der Waals surface area contributed by atoms with E-state index in [2.05, 4.69) is 5.32 Å². The van der Waals surface area contributed by atoms with Crippen molar-refractivity contribution in [2.24, 2.45) is 0 Å². The number of benzene rings is 1. The summed E-state index contributed by atoms with van der Waals surface area (Å²) < 4.78 is 19.7. The molecule has 1 saturated carbocycles. The summed E-state index contributed by atoms with van der Waals surface area (Å²) in [4.78, 5) is 27.6. The third-order valence-corrected chi connectivity index (χ3v) is 5.49. The first-order valence-electron chi connectivity index (χ1n) is 9.50. The summed E-state index contributed by atoms with van der Waals surface area (Å²) in [5, 5.41) is 2.95. The molecule has 2 aliphatic rings. The van der Waals surface area contributed by atoms with Crippen LogP contribution in [0.2, 0.25) is 0 Å². The monoisotopic (exact) mass is 362 g/mol. The van der Waals surface area contributed by atoms with Crippen LogP contribution < -0.4 is 5.32 Å². The fraction of sp³-hybridized carbons (Fsp3) is 0.600. The lowest BCUT2D eigenvalue weighted by molar-refractivity contribution is -0.127. The topological polar surface area (TPSA) is 58.6 Å². The average molecular weight is 362 g/mol. The number of ether oxygens (including phenoxy) is 1. The van der Waals surface area contributed by atoms with Crippen LogP contribution in [0.1, 0.15) is 62.7 Å². The molecule has 142 valence electrons. The summed E-state index contributed by atoms with van der Waals surface area (Å²) in [6, 6.07) is 4.97. The molecule has 1 spiro atoms. The van der Waals surface area contributed by atoms with E-state index in [1.165, 1.54) is 18.2 Å². The van der Waals surface area contributed by atoms with Gasteiger partial charge in [-0.3, -0.25) is 14.5 Å². The standard InChI is InChI=1S/C20H27FN2O3/c1-3-14(2)22-18(24)17-13-26-20(10-5-4-6-11-20)23(17)19(25)15-8-7-9-16(21)12-15/h7-9,12,14,17H,3-6,10-11,13H2,1-2H3,(H,22,24)/t14-,17+/m1/s1. The Kier molecular flexibility index (Phi) is 5.61. The minimum atomic E-state index is -0.751. The molecule has 1 aromatic rings. The average Bonchev–Trinajstić information content (AvgIpc) is 3.00. The smallest absolute Gasteiger partial charge is 0.256 e. The lowest BCUT2D eigenvalue weighted by Crippen LogP contribution is -2.57. The first kappa shape index (κ1) is 18.8. The lowest BCUT2D eigenvalue weighted by Gasteiger charge is -2.41. The summed E-state index contributed by atoms with van der Waals surface area (Å²) in [7, 11) is 0. The fourth-order valence-corrected chi connectivity index (χ4v) is 3.87. The fourth-order valence-electron chi connectivity index (χ4n) is 3.87. The Morgan fingerprint density at radius 1 is 1.35 bits per heavy atom. The van der Waals surface area contributed by atoms with Crippen molar-refractivity contribution in [3.8, 4) is 0 Å². The van der Waals surface area contributed by atoms with Crippen molar-refractivity contribution in [1.29, 1.82) is 0 Å². The summed E-state index contributed by atoms with van der Waals surface area (Å²) >= 11 is 0. The molecule has 0 aromatic heterocycles. The van der Waals surface area contributed by atoms with Gasteiger partial charge in [0.2, 0.25) is 5.91 Å². The van der Waals surface area contributed by atoms with Crippen LogP contribution in [0.5, 0.6) is 0 Å². The van der Waals surface area contributed by atoms with Crippen molar-refractivity contribution in [2.75, 3.05) is 6.61 Å². The first-order valence-corrected chi connectivity index (χ1v) is 9.50. The lowest BCUT2D eigenvalue weighted by atomic mass is 9.89. The second-order valence-corrected chi connectivity index (χ2v) is 7.34. The highest BCUT2D eigenvalue weighted by Gasteiger charge is 2.53. The van der Waals surface area contributed by atoms with Gasteiger partial charge in [0.05, 0.1) is 6.61 Å². The zero-order valence-electron chi connectivity index (χ0n) is 15.5. The third kappa shape index (κ3) is 3.61. The Morgan fingerprint density at radius 2 is 2.08 bits per heavy atom. The summed E-state index contributed by atoms with van der Waals surface area (Å²) in [6.45, 7) is 4.11. The van der Waals surface area contributed by atoms with Gasteiger partial charge in [-0.1, -0.05) is 19.4 Å². The molecule has 2 fully saturated rings. The zero-order chi connectivity index (χ0) is 18.7. The van der Waals surface area contributed by atoms with Gasteiger partial charge >= 0.3 is 0 Å². The van der Waals surface area contributed by atoms with Crippen molar-refractivity contribution in [3.05, 3.63) is 35.6 Å². The predicted octanol–water partition coefficient (Wildman–Crippen LogP) is 3.24. The van der Waals surface area contributed by atoms with Gasteiger partial charge in [0.15, 0.2) is 0 Å². The highest BCUT2D eigenvalue weighted by molar-refractivity contribution is 5.98. The summed E-state index contributed by atoms with van der Waals surface area (Å²) in [5.41, 5.74) is -0.499. The molecular weight excluding hydrogens is 335 g/mol. The van der Waals surface area contributed by atoms with Crippen molar-refractivity contribution in [3.63, 3.8) is 0 Å². The van der Waals surface area contributed by atoms with Crippen LogP contribution in [-0.2, 0) is 9.53 Å². The number of amides is 2. The van der Waals surface area contributed by atoms with Gasteiger partial charge in [0.1, 0.15) is 17.6 Å². The third-order valence-electron chi connectivity index (χ3n) is 5.49. The second kappa shape index (κ2) is 7.74. The molecular formula is C20H27FN2O3. The van der Waals surface area contributed by atoms with Crippen LogP contribution >= 0.6 is 0 Å². The molecule has 1 aliphatic carbocycles. The van der Waals surface area contributed by atoms with E-state index in [9.17, 15) is 14.0 Å². The molecule has 6 heteroatoms. The minimum Gasteiger partial charge on any atom is -0.353 e. The Balaban J connectivity index is 1.92. The highest BCUT2D eigenvalue weighted by Crippen LogP contribution is 2.41. The van der Waals surface area contributed by atoms with Crippen LogP contribution in [0.15, 0.2) is 24.3 Å². The molecule has 1 aliphatic heterocycles. The number of hydrogen-bond donors (Lipinski definition) is 1. The van der Waals surface area contributed by atoms with Gasteiger partial charge in [-0.2, -0.15) is 0 Å². The van der Waals surface area contributed by atoms with Crippen LogP contribution in [0.4, 0.5) is 4.39 Å². The molecule has 3 rings (SSSR count). The van der Waals surface area contributed by atoms with Gasteiger partial charge in [0.25, 0.3) is 5.91 Å². The Bertz CT molecular complexity index is 673. The van der Waals surface area contributed by atoms with Gasteiger partial charge in [-0.15, -0.1) is 0 Å². The number of rotatable bonds is 4. The number of nitrogens with one attached hydrogen (secondary N) is 1. The van der Waals surface area contributed by atoms with Gasteiger partial charge in [-0.25, -0.2) is 4.39 Å². The molecule has 5 nitrogen and oxygen atoms in total. The van der Waals surface area contributed by atoms with E-state index >= 15 is 0 Å². The molecule has 1 heterocycles. The molecule has 1 saturated heterocycles. The van der Waals surface area contributed by atoms with Crippen molar-refractivity contribution in [2.45, 2.75) is 70.2 Å². The Morgan fingerprint density at radius 3 is 2.73 bits per heavy atom. The maximum Gasteiger partial charge on any atom is 0.256 e. The number of carbonyl (C=O) groups excluding carboxylic acids is 2. The number of hydrogen-bond acceptors (Lipinski definition) is 3. The van der Waals surface area contributed by atoms with Crippen LogP contribution in [0, 0.1) is 5.82 Å². The van der Waals surface area contributed by atoms with E-state index in [-0.39, 0.29) is 30.0 Å². The van der Waals surface area contributed by atoms with E-state index in [1.807, 2.05) is 13.8 Å². The van der Waals surface area contributed by atoms with Gasteiger partial charge in [-0.05, 0) is 57.2 Å². The molecule has 1 aromatic carbocycles. The summed E-state index contributed by atoms with van der Waals surface area (Å²) in [5.74, 6) is -1.01. The number of halogens is 1. The molecule has 0 bridgehead atoms. The Hall–Kier alpha value is -1.95. The molecule has 2 amide bonds. The number of carbonyl (C=O) groups is 2. The zero-order valence-corrected chi connectivity index (χ0v) is 15.5. The van der Waals surface area contributed by atoms with Crippen molar-refractivity contribution in [1.82, 2.24) is 10.2 Å². The van der Waals surface area contributed by atoms with Gasteiger partial charge < -0.3 is 10.1 Å². The van der Waals surface area contributed by atoms with E-state index in [4.69, 9.17) is 4.74 Å². The number of nitrogens with zero attached hydrogens (tertiary/aromatic N) is 1. The van der Waals surface area contributed by atoms with Crippen LogP contribution in [0.3, 0.4) is 0 Å². The largest absolute Gasteiger partial charge is 0.353 e. The minimum absolute atomic E-state index is 0.0246. The maximum atomic E-state index is 13.6. The van der Waals surface area contributed by atoms with E-state index in [1.54, 1.807) is 11.0 Å². The molecule has 2 atom stereocenters. The van der Waals surface area contributed by atoms with Crippen LogP contribution in [-0.4, -0.2) is 41.1 Å². The quantitative estimate of drug-likeness (QED) is 0.895. The molecule has 1 N–H and O–H groups in total. The normalized spacial score (nSPS) is 23.0. The maximum absolute atomic E-state index is 13.6. The molecule has 26 heavy (non-hydrogen) atoms.